The Morgan fingerprint density at radius 3 is 1.75 bits per heavy atom. The maximum atomic E-state index is 10.4. The van der Waals surface area contributed by atoms with Crippen molar-refractivity contribution in [3.8, 4) is 11.1 Å². The van der Waals surface area contributed by atoms with E-state index in [2.05, 4.69) is 229 Å². The minimum Gasteiger partial charge on any atom is -0.335 e. The molecule has 0 N–H and O–H groups in total. The smallest absolute Gasteiger partial charge is 0.252 e. The molecule has 0 saturated heterocycles. The Morgan fingerprint density at radius 2 is 1.08 bits per heavy atom. The lowest BCUT2D eigenvalue weighted by Crippen LogP contribution is -2.64. The highest BCUT2D eigenvalue weighted by Crippen LogP contribution is 2.65. The number of rotatable bonds is 3. The first-order valence-electron chi connectivity index (χ1n) is 31.6. The van der Waals surface area contributed by atoms with Crippen LogP contribution in [0.25, 0.3) is 31.3 Å². The zero-order valence-corrected chi connectivity index (χ0v) is 51.1. The molecule has 7 aromatic carbocycles. The summed E-state index contributed by atoms with van der Waals surface area (Å²) >= 11 is 1.94. The maximum Gasteiger partial charge on any atom is 0.252 e. The molecule has 0 amide bonds. The van der Waals surface area contributed by atoms with Crippen molar-refractivity contribution in [3.05, 3.63) is 155 Å². The van der Waals surface area contributed by atoms with Gasteiger partial charge in [-0.1, -0.05) is 189 Å². The zero-order valence-electron chi connectivity index (χ0n) is 53.3. The van der Waals surface area contributed by atoms with Gasteiger partial charge in [0.2, 0.25) is 0 Å². The summed E-state index contributed by atoms with van der Waals surface area (Å²) in [6, 6.07) is 42.1. The molecule has 0 radical (unpaired) electrons. The molecule has 5 heterocycles. The molecule has 404 valence electrons. The normalized spacial score (nSPS) is 24.7. The first kappa shape index (κ1) is 48.0. The van der Waals surface area contributed by atoms with Crippen molar-refractivity contribution in [2.75, 3.05) is 14.7 Å². The number of nitrogens with zero attached hydrogens (tertiary/aromatic N) is 3. The van der Waals surface area contributed by atoms with Gasteiger partial charge in [-0.05, 0) is 171 Å². The number of hydrogen-bond donors (Lipinski definition) is 0. The Labute approximate surface area is 482 Å². The van der Waals surface area contributed by atoms with Gasteiger partial charge >= 0.3 is 0 Å². The second-order valence-corrected chi connectivity index (χ2v) is 31.3. The van der Waals surface area contributed by atoms with E-state index in [4.69, 9.17) is 0 Å². The van der Waals surface area contributed by atoms with Gasteiger partial charge in [-0.25, -0.2) is 0 Å². The molecule has 4 atom stereocenters. The summed E-state index contributed by atoms with van der Waals surface area (Å²) in [7, 11) is 0. The first-order chi connectivity index (χ1) is 38.4. The topological polar surface area (TPSA) is 9.72 Å². The fourth-order valence-corrected chi connectivity index (χ4v) is 17.3. The van der Waals surface area contributed by atoms with Crippen LogP contribution < -0.4 is 31.1 Å². The average Bonchev–Trinajstić information content (AvgIpc) is 1.80. The molecule has 3 nitrogen and oxygen atoms in total. The fourth-order valence-electron chi connectivity index (χ4n) is 16.2. The van der Waals surface area contributed by atoms with Crippen molar-refractivity contribution in [2.24, 2.45) is 0 Å². The van der Waals surface area contributed by atoms with Gasteiger partial charge in [-0.15, -0.1) is 11.3 Å². The first-order valence-corrected chi connectivity index (χ1v) is 30.9. The van der Waals surface area contributed by atoms with Crippen molar-refractivity contribution in [3.63, 3.8) is 0 Å². The third-order valence-corrected chi connectivity index (χ3v) is 22.5. The molecule has 1 aromatic heterocycles. The molecule has 2 fully saturated rings. The molecule has 0 bridgehead atoms. The third-order valence-electron chi connectivity index (χ3n) is 21.4. The maximum absolute atomic E-state index is 10.4. The number of fused-ring (bicyclic) bond motifs is 13. The minimum atomic E-state index is -0.483. The lowest BCUT2D eigenvalue weighted by molar-refractivity contribution is 0.194. The van der Waals surface area contributed by atoms with Crippen LogP contribution >= 0.6 is 11.3 Å². The second kappa shape index (κ2) is 16.5. The molecule has 8 aromatic rings. The SMILES string of the molecule is [2H]c1c([2H])c(C(C)(C)C)c([2H])c2c1N(c1cc3c4c(c1)N1c5c(cc(C(C)(C)C)cc5C5(C)CCCCC15C)B4c1cc4sc5ccc(C(C)(C)C)cc5c4cc1N3c1ccc(C(C)(C)C)cc1-c1ccccc1)C1(C)CCCCC21C. The standard InChI is InChI=1S/C74H84BN3S/c1-67(2,3)46-26-29-58(51(36-46)45-24-18-17-19-25-45)76-60-43-53-52-37-47(68(4,5)6)28-31-63(52)79-64(53)44-56(60)75-57-40-49(70(10,11)12)39-55-66(57)78(74(16)35-23-21-33-72(55,74)14)62-42-50(41-61(76)65(62)75)77-59-30-27-48(69(7,8)9)38-54(59)71(13)32-20-22-34-73(71,77)15/h17-19,24-31,36-44H,20-23,32-35H2,1-16H3/i27D,30D,38D. The van der Waals surface area contributed by atoms with Crippen LogP contribution in [-0.4, -0.2) is 17.8 Å². The Morgan fingerprint density at radius 1 is 0.481 bits per heavy atom. The summed E-state index contributed by atoms with van der Waals surface area (Å²) in [5.41, 5.74) is 19.7. The summed E-state index contributed by atoms with van der Waals surface area (Å²) in [6.07, 6.45) is 8.56. The van der Waals surface area contributed by atoms with Crippen molar-refractivity contribution in [2.45, 2.75) is 206 Å². The number of hydrogen-bond acceptors (Lipinski definition) is 4. The molecular formula is C74H84BN3S. The Kier molecular flexibility index (Phi) is 9.99. The molecule has 4 aliphatic heterocycles. The third kappa shape index (κ3) is 7.02. The molecule has 2 aliphatic carbocycles. The van der Waals surface area contributed by atoms with Gasteiger partial charge in [-0.2, -0.15) is 0 Å². The van der Waals surface area contributed by atoms with Gasteiger partial charge in [0.25, 0.3) is 6.71 Å². The fraction of sp³-hybridized carbons (Fsp3) is 0.432. The van der Waals surface area contributed by atoms with E-state index in [1.54, 1.807) is 0 Å². The van der Waals surface area contributed by atoms with E-state index >= 15 is 0 Å². The lowest BCUT2D eigenvalue weighted by Gasteiger charge is -2.54. The number of thiophene rings is 1. The van der Waals surface area contributed by atoms with Crippen LogP contribution in [-0.2, 0) is 32.5 Å². The van der Waals surface area contributed by atoms with Gasteiger partial charge in [0.1, 0.15) is 0 Å². The molecule has 79 heavy (non-hydrogen) atoms. The van der Waals surface area contributed by atoms with E-state index in [0.29, 0.717) is 11.6 Å². The van der Waals surface area contributed by atoms with Crippen LogP contribution in [0.1, 0.15) is 200 Å². The Bertz CT molecular complexity index is 4070. The number of anilines is 7. The summed E-state index contributed by atoms with van der Waals surface area (Å²) in [5.74, 6) is 0. The van der Waals surface area contributed by atoms with E-state index in [9.17, 15) is 4.11 Å². The van der Waals surface area contributed by atoms with Crippen molar-refractivity contribution >= 4 is 94.4 Å². The van der Waals surface area contributed by atoms with E-state index in [1.807, 2.05) is 11.3 Å². The van der Waals surface area contributed by atoms with Gasteiger partial charge in [0, 0.05) is 70.7 Å². The zero-order chi connectivity index (χ0) is 58.1. The second-order valence-electron chi connectivity index (χ2n) is 30.2. The highest BCUT2D eigenvalue weighted by atomic mass is 32.1. The quantitative estimate of drug-likeness (QED) is 0.163. The molecular weight excluding hydrogens is 974 g/mol. The minimum absolute atomic E-state index is 0.0153. The highest BCUT2D eigenvalue weighted by Gasteiger charge is 2.63. The van der Waals surface area contributed by atoms with Crippen LogP contribution in [0.3, 0.4) is 0 Å². The average molecular weight is 1060 g/mol. The summed E-state index contributed by atoms with van der Waals surface area (Å²) < 4.78 is 33.3. The van der Waals surface area contributed by atoms with E-state index in [0.717, 1.165) is 61.2 Å². The van der Waals surface area contributed by atoms with Crippen LogP contribution in [0.4, 0.5) is 39.8 Å². The molecule has 0 spiro atoms. The Hall–Kier alpha value is -5.78. The predicted octanol–water partition coefficient (Wildman–Crippen LogP) is 19.0. The number of benzene rings is 7. The Balaban J connectivity index is 1.18. The molecule has 4 unspecified atom stereocenters. The lowest BCUT2D eigenvalue weighted by atomic mass is 9.33. The summed E-state index contributed by atoms with van der Waals surface area (Å²) in [6.45, 7) is 37.6. The van der Waals surface area contributed by atoms with Crippen LogP contribution in [0.5, 0.6) is 0 Å². The predicted molar refractivity (Wildman–Crippen MR) is 345 cm³/mol. The largest absolute Gasteiger partial charge is 0.335 e. The van der Waals surface area contributed by atoms with Gasteiger partial charge < -0.3 is 14.7 Å². The van der Waals surface area contributed by atoms with E-state index < -0.39 is 16.4 Å². The molecule has 2 saturated carbocycles. The van der Waals surface area contributed by atoms with E-state index in [-0.39, 0.29) is 46.0 Å². The highest BCUT2D eigenvalue weighted by molar-refractivity contribution is 7.26. The molecule has 5 heteroatoms. The summed E-state index contributed by atoms with van der Waals surface area (Å²) in [4.78, 5) is 8.12. The van der Waals surface area contributed by atoms with Crippen LogP contribution in [0, 0.1) is 0 Å². The van der Waals surface area contributed by atoms with Crippen molar-refractivity contribution in [1.29, 1.82) is 0 Å². The van der Waals surface area contributed by atoms with E-state index in [1.165, 1.54) is 106 Å². The van der Waals surface area contributed by atoms with Gasteiger partial charge in [0.05, 0.1) is 20.9 Å². The van der Waals surface area contributed by atoms with Gasteiger partial charge in [-0.3, -0.25) is 0 Å². The van der Waals surface area contributed by atoms with Crippen molar-refractivity contribution < 1.29 is 4.11 Å². The molecule has 14 rings (SSSR count). The van der Waals surface area contributed by atoms with Crippen LogP contribution in [0.15, 0.2) is 121 Å². The van der Waals surface area contributed by atoms with Gasteiger partial charge in [0.15, 0.2) is 0 Å². The summed E-state index contributed by atoms with van der Waals surface area (Å²) in [5, 5.41) is 2.60. The van der Waals surface area contributed by atoms with Crippen molar-refractivity contribution in [1.82, 2.24) is 0 Å². The monoisotopic (exact) mass is 1060 g/mol. The molecule has 6 aliphatic rings. The van der Waals surface area contributed by atoms with Crippen LogP contribution in [0.2, 0.25) is 0 Å².